The van der Waals surface area contributed by atoms with Gasteiger partial charge in [0.15, 0.2) is 5.78 Å². The Kier molecular flexibility index (Phi) is 6.34. The number of halogens is 1. The minimum absolute atomic E-state index is 0.0871. The second-order valence-corrected chi connectivity index (χ2v) is 6.53. The molecule has 1 atom stereocenters. The minimum Gasteiger partial charge on any atom is -0.344 e. The van der Waals surface area contributed by atoms with E-state index in [9.17, 15) is 9.59 Å². The van der Waals surface area contributed by atoms with Crippen molar-refractivity contribution in [3.05, 3.63) is 101 Å². The number of carbonyl (C=O) groups is 2. The van der Waals surface area contributed by atoms with E-state index in [1.54, 1.807) is 30.5 Å². The van der Waals surface area contributed by atoms with Gasteiger partial charge in [0.05, 0.1) is 11.7 Å². The lowest BCUT2D eigenvalue weighted by Gasteiger charge is -2.18. The Hall–Kier alpha value is -2.98. The molecule has 0 spiro atoms. The monoisotopic (exact) mass is 378 g/mol. The van der Waals surface area contributed by atoms with E-state index in [-0.39, 0.29) is 30.6 Å². The molecule has 0 saturated carbocycles. The minimum atomic E-state index is -0.356. The van der Waals surface area contributed by atoms with Gasteiger partial charge in [0.25, 0.3) is 0 Å². The number of pyridine rings is 1. The molecule has 0 aliphatic heterocycles. The number of aromatic nitrogens is 1. The van der Waals surface area contributed by atoms with Crippen molar-refractivity contribution in [2.45, 2.75) is 18.9 Å². The van der Waals surface area contributed by atoms with Crippen LogP contribution in [-0.4, -0.2) is 16.7 Å². The number of carbonyl (C=O) groups excluding carboxylic acids is 2. The number of hydrogen-bond acceptors (Lipinski definition) is 3. The first-order valence-electron chi connectivity index (χ1n) is 8.67. The maximum atomic E-state index is 12.5. The maximum absolute atomic E-state index is 12.5. The van der Waals surface area contributed by atoms with Crippen LogP contribution in [0.1, 0.15) is 40.5 Å². The predicted octanol–water partition coefficient (Wildman–Crippen LogP) is 4.60. The molecule has 1 N–H and O–H groups in total. The van der Waals surface area contributed by atoms with Gasteiger partial charge in [-0.05, 0) is 42.0 Å². The number of hydrogen-bond donors (Lipinski definition) is 1. The van der Waals surface area contributed by atoms with Crippen LogP contribution in [0.25, 0.3) is 0 Å². The van der Waals surface area contributed by atoms with Gasteiger partial charge >= 0.3 is 0 Å². The fourth-order valence-corrected chi connectivity index (χ4v) is 2.89. The molecule has 1 amide bonds. The summed E-state index contributed by atoms with van der Waals surface area (Å²) >= 11 is 5.84. The average Bonchev–Trinajstić information content (AvgIpc) is 2.72. The number of ketones is 1. The molecule has 0 aliphatic rings. The van der Waals surface area contributed by atoms with Gasteiger partial charge in [0, 0.05) is 29.6 Å². The Balaban J connectivity index is 1.66. The molecule has 2 aromatic carbocycles. The molecule has 0 aliphatic carbocycles. The van der Waals surface area contributed by atoms with Crippen molar-refractivity contribution in [3.8, 4) is 0 Å². The summed E-state index contributed by atoms with van der Waals surface area (Å²) in [5.74, 6) is -0.285. The maximum Gasteiger partial charge on any atom is 0.221 e. The zero-order valence-corrected chi connectivity index (χ0v) is 15.4. The Labute approximate surface area is 163 Å². The molecule has 1 aromatic heterocycles. The Morgan fingerprint density at radius 1 is 0.889 bits per heavy atom. The fraction of sp³-hybridized carbons (Fsp3) is 0.136. The summed E-state index contributed by atoms with van der Waals surface area (Å²) in [6.07, 6.45) is 1.94. The van der Waals surface area contributed by atoms with E-state index < -0.39 is 0 Å². The van der Waals surface area contributed by atoms with Crippen molar-refractivity contribution in [1.82, 2.24) is 10.3 Å². The summed E-state index contributed by atoms with van der Waals surface area (Å²) in [5.41, 5.74) is 2.24. The van der Waals surface area contributed by atoms with Crippen molar-refractivity contribution in [3.63, 3.8) is 0 Å². The molecular weight excluding hydrogens is 360 g/mol. The van der Waals surface area contributed by atoms with Crippen molar-refractivity contribution in [1.29, 1.82) is 0 Å². The van der Waals surface area contributed by atoms with Crippen molar-refractivity contribution in [2.24, 2.45) is 0 Å². The molecule has 0 saturated heterocycles. The molecule has 0 bridgehead atoms. The van der Waals surface area contributed by atoms with Gasteiger partial charge in [0.1, 0.15) is 0 Å². The summed E-state index contributed by atoms with van der Waals surface area (Å²) in [6, 6.07) is 21.6. The molecule has 1 heterocycles. The molecule has 0 radical (unpaired) electrons. The van der Waals surface area contributed by atoms with E-state index >= 15 is 0 Å². The normalized spacial score (nSPS) is 11.6. The van der Waals surface area contributed by atoms with E-state index in [0.29, 0.717) is 10.6 Å². The highest BCUT2D eigenvalue weighted by Gasteiger charge is 2.18. The van der Waals surface area contributed by atoms with Crippen molar-refractivity contribution in [2.75, 3.05) is 0 Å². The number of benzene rings is 2. The fourth-order valence-electron chi connectivity index (χ4n) is 2.76. The molecule has 3 aromatic rings. The molecular formula is C22H19ClN2O2. The molecule has 5 heteroatoms. The lowest BCUT2D eigenvalue weighted by molar-refractivity contribution is -0.121. The SMILES string of the molecule is O=C(CCC(=O)c1ccc(Cl)cc1)NC(c1ccccc1)c1ccccn1. The molecule has 27 heavy (non-hydrogen) atoms. The van der Waals surface area contributed by atoms with Crippen molar-refractivity contribution >= 4 is 23.3 Å². The van der Waals surface area contributed by atoms with Crippen LogP contribution in [0.4, 0.5) is 0 Å². The Morgan fingerprint density at radius 3 is 2.26 bits per heavy atom. The Morgan fingerprint density at radius 2 is 1.59 bits per heavy atom. The van der Waals surface area contributed by atoms with Crippen LogP contribution >= 0.6 is 11.6 Å². The van der Waals surface area contributed by atoms with Gasteiger partial charge < -0.3 is 5.32 Å². The van der Waals surface area contributed by atoms with Gasteiger partial charge in [0.2, 0.25) is 5.91 Å². The highest BCUT2D eigenvalue weighted by atomic mass is 35.5. The van der Waals surface area contributed by atoms with E-state index in [1.165, 1.54) is 0 Å². The zero-order valence-electron chi connectivity index (χ0n) is 14.6. The Bertz CT molecular complexity index is 857. The molecule has 0 fully saturated rings. The zero-order chi connectivity index (χ0) is 19.1. The number of rotatable bonds is 7. The summed E-state index contributed by atoms with van der Waals surface area (Å²) in [4.78, 5) is 29.1. The van der Waals surface area contributed by atoms with Crippen LogP contribution in [0.15, 0.2) is 79.0 Å². The molecule has 4 nitrogen and oxygen atoms in total. The number of Topliss-reactive ketones (excluding diaryl/α,β-unsaturated/α-hetero) is 1. The van der Waals surface area contributed by atoms with Gasteiger partial charge in [-0.1, -0.05) is 48.0 Å². The van der Waals surface area contributed by atoms with E-state index in [0.717, 1.165) is 11.3 Å². The van der Waals surface area contributed by atoms with Crippen LogP contribution in [0, 0.1) is 0 Å². The first kappa shape index (κ1) is 18.8. The highest BCUT2D eigenvalue weighted by Crippen LogP contribution is 2.20. The third kappa shape index (κ3) is 5.25. The first-order valence-corrected chi connectivity index (χ1v) is 9.05. The third-order valence-corrected chi connectivity index (χ3v) is 4.42. The highest BCUT2D eigenvalue weighted by molar-refractivity contribution is 6.30. The number of amides is 1. The summed E-state index contributed by atoms with van der Waals surface area (Å²) in [7, 11) is 0. The molecule has 3 rings (SSSR count). The number of nitrogens with zero attached hydrogens (tertiary/aromatic N) is 1. The van der Waals surface area contributed by atoms with E-state index in [4.69, 9.17) is 11.6 Å². The van der Waals surface area contributed by atoms with Crippen LogP contribution < -0.4 is 5.32 Å². The van der Waals surface area contributed by atoms with Crippen LogP contribution in [0.3, 0.4) is 0 Å². The molecule has 136 valence electrons. The van der Waals surface area contributed by atoms with Crippen LogP contribution in [0.5, 0.6) is 0 Å². The standard InChI is InChI=1S/C22H19ClN2O2/c23-18-11-9-16(10-12-18)20(26)13-14-21(27)25-22(17-6-2-1-3-7-17)19-8-4-5-15-24-19/h1-12,15,22H,13-14H2,(H,25,27). The van der Waals surface area contributed by atoms with E-state index in [1.807, 2.05) is 48.5 Å². The molecule has 1 unspecified atom stereocenters. The van der Waals surface area contributed by atoms with Crippen LogP contribution in [-0.2, 0) is 4.79 Å². The third-order valence-electron chi connectivity index (χ3n) is 4.17. The van der Waals surface area contributed by atoms with Crippen LogP contribution in [0.2, 0.25) is 5.02 Å². The topological polar surface area (TPSA) is 59.1 Å². The second-order valence-electron chi connectivity index (χ2n) is 6.10. The van der Waals surface area contributed by atoms with Gasteiger partial charge in [-0.15, -0.1) is 0 Å². The summed E-state index contributed by atoms with van der Waals surface area (Å²) < 4.78 is 0. The average molecular weight is 379 g/mol. The summed E-state index contributed by atoms with van der Waals surface area (Å²) in [6.45, 7) is 0. The van der Waals surface area contributed by atoms with Gasteiger partial charge in [-0.3, -0.25) is 14.6 Å². The second kappa shape index (κ2) is 9.10. The lowest BCUT2D eigenvalue weighted by atomic mass is 10.0. The first-order chi connectivity index (χ1) is 13.1. The van der Waals surface area contributed by atoms with E-state index in [2.05, 4.69) is 10.3 Å². The lowest BCUT2D eigenvalue weighted by Crippen LogP contribution is -2.30. The van der Waals surface area contributed by atoms with Crippen molar-refractivity contribution < 1.29 is 9.59 Å². The quantitative estimate of drug-likeness (QED) is 0.611. The predicted molar refractivity (Wildman–Crippen MR) is 106 cm³/mol. The summed E-state index contributed by atoms with van der Waals surface area (Å²) in [5, 5.41) is 3.57. The van der Waals surface area contributed by atoms with Gasteiger partial charge in [-0.2, -0.15) is 0 Å². The number of nitrogens with one attached hydrogen (secondary N) is 1. The van der Waals surface area contributed by atoms with Gasteiger partial charge in [-0.25, -0.2) is 0 Å². The largest absolute Gasteiger partial charge is 0.344 e. The smallest absolute Gasteiger partial charge is 0.221 e.